The van der Waals surface area contributed by atoms with Crippen molar-refractivity contribution in [1.82, 2.24) is 19.7 Å². The molecule has 0 atom stereocenters. The smallest absolute Gasteiger partial charge is 0.258 e. The Hall–Kier alpha value is -2.61. The van der Waals surface area contributed by atoms with E-state index in [9.17, 15) is 14.5 Å². The van der Waals surface area contributed by atoms with Gasteiger partial charge in [0, 0.05) is 6.07 Å². The molecule has 0 amide bonds. The molecular weight excluding hydrogens is 289 g/mol. The monoisotopic (exact) mass is 293 g/mol. The first-order chi connectivity index (χ1) is 9.58. The normalized spacial score (nSPS) is 10.9. The van der Waals surface area contributed by atoms with Crippen LogP contribution in [0.1, 0.15) is 0 Å². The van der Waals surface area contributed by atoms with E-state index >= 15 is 0 Å². The molecule has 3 aromatic rings. The molecule has 0 aliphatic carbocycles. The number of fused-ring (bicyclic) bond motifs is 1. The first-order valence-electron chi connectivity index (χ1n) is 5.37. The number of hydrogen-bond acceptors (Lipinski definition) is 5. The van der Waals surface area contributed by atoms with Gasteiger partial charge in [0.15, 0.2) is 11.6 Å². The van der Waals surface area contributed by atoms with E-state index in [0.29, 0.717) is 5.52 Å². The largest absolute Gasteiger partial charge is 0.280 e. The summed E-state index contributed by atoms with van der Waals surface area (Å²) in [5.41, 5.74) is 0.238. The zero-order valence-electron chi connectivity index (χ0n) is 9.70. The van der Waals surface area contributed by atoms with Gasteiger partial charge in [-0.3, -0.25) is 10.1 Å². The minimum absolute atomic E-state index is 0.116. The minimum atomic E-state index is -0.731. The number of hydrogen-bond donors (Lipinski definition) is 0. The van der Waals surface area contributed by atoms with E-state index in [1.54, 1.807) is 6.07 Å². The molecule has 0 bridgehead atoms. The molecule has 100 valence electrons. The topological polar surface area (TPSA) is 86.7 Å². The zero-order chi connectivity index (χ0) is 14.3. The molecule has 2 heterocycles. The molecule has 0 saturated heterocycles. The predicted octanol–water partition coefficient (Wildman–Crippen LogP) is 2.52. The summed E-state index contributed by atoms with van der Waals surface area (Å²) in [5.74, 6) is -0.897. The number of nitro benzene ring substituents is 1. The van der Waals surface area contributed by atoms with Crippen molar-refractivity contribution in [2.24, 2.45) is 0 Å². The number of nitro groups is 1. The second kappa shape index (κ2) is 4.49. The third kappa shape index (κ3) is 1.86. The third-order valence-electron chi connectivity index (χ3n) is 2.68. The fraction of sp³-hybridized carbons (Fsp3) is 0. The second-order valence-corrected chi connectivity index (χ2v) is 4.17. The van der Waals surface area contributed by atoms with Crippen LogP contribution < -0.4 is 0 Å². The van der Waals surface area contributed by atoms with Gasteiger partial charge in [0.2, 0.25) is 5.28 Å². The van der Waals surface area contributed by atoms with Crippen LogP contribution in [0.4, 0.5) is 10.1 Å². The van der Waals surface area contributed by atoms with Gasteiger partial charge in [-0.05, 0) is 17.7 Å². The van der Waals surface area contributed by atoms with Crippen LogP contribution in [-0.2, 0) is 0 Å². The lowest BCUT2D eigenvalue weighted by atomic mass is 10.2. The Morgan fingerprint density at radius 1 is 1.35 bits per heavy atom. The Kier molecular flexibility index (Phi) is 2.79. The summed E-state index contributed by atoms with van der Waals surface area (Å²) in [6, 6.07) is 4.40. The Balaban J connectivity index is 2.31. The molecule has 0 aliphatic heterocycles. The highest BCUT2D eigenvalue weighted by atomic mass is 35.5. The molecule has 0 N–H and O–H groups in total. The second-order valence-electron chi connectivity index (χ2n) is 3.83. The number of rotatable bonds is 2. The van der Waals surface area contributed by atoms with Gasteiger partial charge in [-0.15, -0.1) is 0 Å². The minimum Gasteiger partial charge on any atom is -0.258 e. The lowest BCUT2D eigenvalue weighted by molar-refractivity contribution is -0.383. The van der Waals surface area contributed by atoms with Crippen molar-refractivity contribution < 1.29 is 9.31 Å². The summed E-state index contributed by atoms with van der Waals surface area (Å²) in [6.07, 6.45) is 2.19. The molecule has 3 rings (SSSR count). The van der Waals surface area contributed by atoms with Gasteiger partial charge in [0.25, 0.3) is 5.69 Å². The number of non-ortho nitro benzene ring substituents is 1. The standard InChI is InChI=1S/C11H5ClFN5O2/c12-11-14-5-7(13)10(16-11)17-8-2-1-3-9(18(19)20)6(8)4-15-17/h1-5H. The van der Waals surface area contributed by atoms with Crippen LogP contribution in [0, 0.1) is 15.9 Å². The van der Waals surface area contributed by atoms with Crippen molar-refractivity contribution >= 4 is 28.2 Å². The van der Waals surface area contributed by atoms with E-state index in [1.165, 1.54) is 18.3 Å². The molecule has 0 aliphatic rings. The molecule has 0 radical (unpaired) electrons. The highest BCUT2D eigenvalue weighted by molar-refractivity contribution is 6.28. The van der Waals surface area contributed by atoms with Crippen LogP contribution in [-0.4, -0.2) is 24.7 Å². The van der Waals surface area contributed by atoms with Gasteiger partial charge in [-0.2, -0.15) is 10.1 Å². The SMILES string of the molecule is O=[N+]([O-])c1cccc2c1cnn2-c1nc(Cl)ncc1F. The summed E-state index contributed by atoms with van der Waals surface area (Å²) >= 11 is 5.63. The van der Waals surface area contributed by atoms with Crippen molar-refractivity contribution in [1.29, 1.82) is 0 Å². The molecule has 0 saturated carbocycles. The Bertz CT molecular complexity index is 835. The van der Waals surface area contributed by atoms with E-state index < -0.39 is 10.7 Å². The first-order valence-corrected chi connectivity index (χ1v) is 5.75. The molecule has 2 aromatic heterocycles. The Morgan fingerprint density at radius 3 is 2.90 bits per heavy atom. The fourth-order valence-corrected chi connectivity index (χ4v) is 1.98. The van der Waals surface area contributed by atoms with Crippen molar-refractivity contribution in [2.45, 2.75) is 0 Å². The lowest BCUT2D eigenvalue weighted by Gasteiger charge is -2.03. The van der Waals surface area contributed by atoms with E-state index in [2.05, 4.69) is 15.1 Å². The highest BCUT2D eigenvalue weighted by Crippen LogP contribution is 2.27. The van der Waals surface area contributed by atoms with Crippen LogP contribution in [0.5, 0.6) is 0 Å². The molecule has 0 fully saturated rings. The van der Waals surface area contributed by atoms with Gasteiger partial charge in [0.05, 0.1) is 28.2 Å². The van der Waals surface area contributed by atoms with Crippen LogP contribution in [0.15, 0.2) is 30.6 Å². The van der Waals surface area contributed by atoms with Gasteiger partial charge >= 0.3 is 0 Å². The molecule has 9 heteroatoms. The fourth-order valence-electron chi connectivity index (χ4n) is 1.85. The van der Waals surface area contributed by atoms with Crippen LogP contribution in [0.3, 0.4) is 0 Å². The maximum absolute atomic E-state index is 13.7. The predicted molar refractivity (Wildman–Crippen MR) is 68.3 cm³/mol. The third-order valence-corrected chi connectivity index (χ3v) is 2.87. The van der Waals surface area contributed by atoms with E-state index in [1.807, 2.05) is 0 Å². The van der Waals surface area contributed by atoms with Crippen LogP contribution in [0.2, 0.25) is 5.28 Å². The summed E-state index contributed by atoms with van der Waals surface area (Å²) in [7, 11) is 0. The van der Waals surface area contributed by atoms with Crippen molar-refractivity contribution in [3.63, 3.8) is 0 Å². The molecule has 20 heavy (non-hydrogen) atoms. The summed E-state index contributed by atoms with van der Waals surface area (Å²) in [5, 5.41) is 15.0. The average Bonchev–Trinajstić information content (AvgIpc) is 2.85. The number of benzene rings is 1. The maximum atomic E-state index is 13.7. The molecule has 1 aromatic carbocycles. The Morgan fingerprint density at radius 2 is 2.15 bits per heavy atom. The lowest BCUT2D eigenvalue weighted by Crippen LogP contribution is -2.04. The van der Waals surface area contributed by atoms with E-state index in [-0.39, 0.29) is 22.2 Å². The average molecular weight is 294 g/mol. The quantitative estimate of drug-likeness (QED) is 0.411. The zero-order valence-corrected chi connectivity index (χ0v) is 10.5. The number of halogens is 2. The van der Waals surface area contributed by atoms with E-state index in [0.717, 1.165) is 10.9 Å². The number of aromatic nitrogens is 4. The molecular formula is C11H5ClFN5O2. The summed E-state index contributed by atoms with van der Waals surface area (Å²) in [4.78, 5) is 17.7. The van der Waals surface area contributed by atoms with Crippen molar-refractivity contribution in [3.8, 4) is 5.82 Å². The summed E-state index contributed by atoms with van der Waals surface area (Å²) < 4.78 is 14.9. The highest BCUT2D eigenvalue weighted by Gasteiger charge is 2.18. The van der Waals surface area contributed by atoms with Crippen LogP contribution in [0.25, 0.3) is 16.7 Å². The first kappa shape index (κ1) is 12.4. The van der Waals surface area contributed by atoms with Crippen molar-refractivity contribution in [2.75, 3.05) is 0 Å². The van der Waals surface area contributed by atoms with Gasteiger partial charge in [-0.1, -0.05) is 6.07 Å². The Labute approximate surface area is 115 Å². The van der Waals surface area contributed by atoms with E-state index in [4.69, 9.17) is 11.6 Å². The molecule has 0 unspecified atom stereocenters. The number of nitrogens with zero attached hydrogens (tertiary/aromatic N) is 5. The maximum Gasteiger partial charge on any atom is 0.280 e. The summed E-state index contributed by atoms with van der Waals surface area (Å²) in [6.45, 7) is 0. The molecule has 7 nitrogen and oxygen atoms in total. The van der Waals surface area contributed by atoms with Gasteiger partial charge < -0.3 is 0 Å². The molecule has 0 spiro atoms. The van der Waals surface area contributed by atoms with Gasteiger partial charge in [0.1, 0.15) is 0 Å². The van der Waals surface area contributed by atoms with Crippen molar-refractivity contribution in [3.05, 3.63) is 51.8 Å². The van der Waals surface area contributed by atoms with Gasteiger partial charge in [-0.25, -0.2) is 14.1 Å². The van der Waals surface area contributed by atoms with Crippen LogP contribution >= 0.6 is 11.6 Å².